The van der Waals surface area contributed by atoms with E-state index in [1.54, 1.807) is 12.1 Å². The van der Waals surface area contributed by atoms with Gasteiger partial charge in [-0.25, -0.2) is 12.8 Å². The molecule has 1 N–H and O–H groups in total. The molecule has 0 aliphatic carbocycles. The number of oxazole rings is 1. The molecule has 136 valence electrons. The fourth-order valence-electron chi connectivity index (χ4n) is 2.33. The molecule has 2 aromatic carbocycles. The van der Waals surface area contributed by atoms with Gasteiger partial charge in [-0.1, -0.05) is 25.1 Å². The zero-order valence-corrected chi connectivity index (χ0v) is 15.3. The van der Waals surface area contributed by atoms with Crippen LogP contribution in [0.1, 0.15) is 20.3 Å². The summed E-state index contributed by atoms with van der Waals surface area (Å²) in [6, 6.07) is 13.7. The summed E-state index contributed by atoms with van der Waals surface area (Å²) in [5, 5.41) is 2.85. The molecule has 5 nitrogen and oxygen atoms in total. The van der Waals surface area contributed by atoms with Crippen molar-refractivity contribution in [3.63, 3.8) is 0 Å². The predicted octanol–water partition coefficient (Wildman–Crippen LogP) is 4.52. The van der Waals surface area contributed by atoms with Crippen LogP contribution in [0.15, 0.2) is 68.9 Å². The van der Waals surface area contributed by atoms with Gasteiger partial charge in [-0.15, -0.1) is 0 Å². The number of nitrogens with zero attached hydrogens (tertiary/aromatic N) is 1. The maximum Gasteiger partial charge on any atom is 0.234 e. The zero-order chi connectivity index (χ0) is 18.7. The van der Waals surface area contributed by atoms with Gasteiger partial charge in [0.1, 0.15) is 5.82 Å². The van der Waals surface area contributed by atoms with Crippen molar-refractivity contribution >= 4 is 15.7 Å². The van der Waals surface area contributed by atoms with Gasteiger partial charge < -0.3 is 9.73 Å². The van der Waals surface area contributed by atoms with E-state index in [1.807, 2.05) is 32.0 Å². The van der Waals surface area contributed by atoms with Crippen LogP contribution in [-0.2, 0) is 9.84 Å². The van der Waals surface area contributed by atoms with Gasteiger partial charge in [-0.2, -0.15) is 4.98 Å². The monoisotopic (exact) mass is 374 g/mol. The van der Waals surface area contributed by atoms with E-state index in [2.05, 4.69) is 10.3 Å². The lowest BCUT2D eigenvalue weighted by atomic mass is 10.2. The first-order chi connectivity index (χ1) is 12.4. The Labute approximate surface area is 151 Å². The maximum absolute atomic E-state index is 13.2. The van der Waals surface area contributed by atoms with E-state index >= 15 is 0 Å². The van der Waals surface area contributed by atoms with Gasteiger partial charge in [-0.05, 0) is 49.7 Å². The third kappa shape index (κ3) is 3.62. The van der Waals surface area contributed by atoms with Crippen LogP contribution < -0.4 is 5.32 Å². The third-order valence-electron chi connectivity index (χ3n) is 3.99. The van der Waals surface area contributed by atoms with Crippen molar-refractivity contribution in [3.05, 3.63) is 60.4 Å². The Balaban J connectivity index is 2.12. The second kappa shape index (κ2) is 7.29. The van der Waals surface area contributed by atoms with E-state index < -0.39 is 15.7 Å². The second-order valence-corrected chi connectivity index (χ2v) is 7.80. The first-order valence-corrected chi connectivity index (χ1v) is 9.73. The fraction of sp³-hybridized carbons (Fsp3) is 0.211. The normalized spacial score (nSPS) is 12.7. The summed E-state index contributed by atoms with van der Waals surface area (Å²) in [4.78, 5) is 4.18. The predicted molar refractivity (Wildman–Crippen MR) is 97.2 cm³/mol. The molecule has 0 aliphatic rings. The van der Waals surface area contributed by atoms with Crippen molar-refractivity contribution in [2.24, 2.45) is 0 Å². The SMILES string of the molecule is CCC(C)Nc1oc(-c2ccccc2)nc1S(=O)(=O)c1ccc(F)cc1. The van der Waals surface area contributed by atoms with Crippen LogP contribution in [0, 0.1) is 5.82 Å². The molecular weight excluding hydrogens is 355 g/mol. The van der Waals surface area contributed by atoms with E-state index in [4.69, 9.17) is 4.42 Å². The summed E-state index contributed by atoms with van der Waals surface area (Å²) in [5.41, 5.74) is 0.667. The Bertz CT molecular complexity index is 983. The molecule has 0 bridgehead atoms. The molecule has 0 radical (unpaired) electrons. The molecule has 0 aliphatic heterocycles. The van der Waals surface area contributed by atoms with E-state index in [-0.39, 0.29) is 27.7 Å². The lowest BCUT2D eigenvalue weighted by molar-refractivity contribution is 0.566. The van der Waals surface area contributed by atoms with Crippen LogP contribution in [0.2, 0.25) is 0 Å². The minimum absolute atomic E-state index is 0.00580. The average Bonchev–Trinajstić information content (AvgIpc) is 3.07. The van der Waals surface area contributed by atoms with Crippen molar-refractivity contribution in [3.8, 4) is 11.5 Å². The molecule has 1 unspecified atom stereocenters. The average molecular weight is 374 g/mol. The molecule has 26 heavy (non-hydrogen) atoms. The standard InChI is InChI=1S/C19H19FN2O3S/c1-3-13(2)21-18-19(22-17(25-18)14-7-5-4-6-8-14)26(23,24)16-11-9-15(20)10-12-16/h4-13,21H,3H2,1-2H3. The topological polar surface area (TPSA) is 72.2 Å². The number of hydrogen-bond acceptors (Lipinski definition) is 5. The largest absolute Gasteiger partial charge is 0.419 e. The molecular formula is C19H19FN2O3S. The molecule has 7 heteroatoms. The number of benzene rings is 2. The Morgan fingerprint density at radius 3 is 2.38 bits per heavy atom. The molecule has 1 heterocycles. The van der Waals surface area contributed by atoms with E-state index in [9.17, 15) is 12.8 Å². The van der Waals surface area contributed by atoms with Gasteiger partial charge in [-0.3, -0.25) is 0 Å². The molecule has 0 fully saturated rings. The molecule has 0 saturated carbocycles. The molecule has 0 saturated heterocycles. The van der Waals surface area contributed by atoms with Crippen molar-refractivity contribution in [2.75, 3.05) is 5.32 Å². The Hall–Kier alpha value is -2.67. The third-order valence-corrected chi connectivity index (χ3v) is 5.66. The molecule has 3 aromatic rings. The number of nitrogens with one attached hydrogen (secondary N) is 1. The summed E-state index contributed by atoms with van der Waals surface area (Å²) >= 11 is 0. The first kappa shape index (κ1) is 18.1. The number of halogens is 1. The Kier molecular flexibility index (Phi) is 5.08. The van der Waals surface area contributed by atoms with Crippen LogP contribution in [0.25, 0.3) is 11.5 Å². The molecule has 0 amide bonds. The van der Waals surface area contributed by atoms with Gasteiger partial charge in [0.25, 0.3) is 0 Å². The van der Waals surface area contributed by atoms with E-state index in [0.29, 0.717) is 5.56 Å². The van der Waals surface area contributed by atoms with Crippen molar-refractivity contribution < 1.29 is 17.2 Å². The summed E-state index contributed by atoms with van der Waals surface area (Å²) in [5.74, 6) is -0.216. The van der Waals surface area contributed by atoms with Crippen LogP contribution in [0.5, 0.6) is 0 Å². The number of sulfone groups is 1. The zero-order valence-electron chi connectivity index (χ0n) is 14.4. The summed E-state index contributed by atoms with van der Waals surface area (Å²) in [6.07, 6.45) is 0.775. The molecule has 1 atom stereocenters. The van der Waals surface area contributed by atoms with Crippen LogP contribution >= 0.6 is 0 Å². The highest BCUT2D eigenvalue weighted by atomic mass is 32.2. The highest BCUT2D eigenvalue weighted by molar-refractivity contribution is 7.91. The van der Waals surface area contributed by atoms with Gasteiger partial charge in [0.15, 0.2) is 0 Å². The second-order valence-electron chi connectivity index (χ2n) is 5.93. The summed E-state index contributed by atoms with van der Waals surface area (Å²) in [7, 11) is -3.96. The Morgan fingerprint density at radius 2 is 1.77 bits per heavy atom. The summed E-state index contributed by atoms with van der Waals surface area (Å²) in [6.45, 7) is 3.89. The molecule has 0 spiro atoms. The van der Waals surface area contributed by atoms with Gasteiger partial charge in [0, 0.05) is 11.6 Å². The molecule has 3 rings (SSSR count). The number of aromatic nitrogens is 1. The minimum atomic E-state index is -3.96. The summed E-state index contributed by atoms with van der Waals surface area (Å²) < 4.78 is 44.9. The number of rotatable bonds is 6. The lowest BCUT2D eigenvalue weighted by Crippen LogP contribution is -2.15. The number of anilines is 1. The van der Waals surface area contributed by atoms with E-state index in [1.165, 1.54) is 12.1 Å². The smallest absolute Gasteiger partial charge is 0.234 e. The Morgan fingerprint density at radius 1 is 1.12 bits per heavy atom. The van der Waals surface area contributed by atoms with Gasteiger partial charge in [0.2, 0.25) is 26.6 Å². The van der Waals surface area contributed by atoms with Crippen LogP contribution in [0.3, 0.4) is 0 Å². The highest BCUT2D eigenvalue weighted by Crippen LogP contribution is 2.32. The first-order valence-electron chi connectivity index (χ1n) is 8.25. The lowest BCUT2D eigenvalue weighted by Gasteiger charge is -2.11. The quantitative estimate of drug-likeness (QED) is 0.642. The van der Waals surface area contributed by atoms with Gasteiger partial charge >= 0.3 is 0 Å². The van der Waals surface area contributed by atoms with E-state index in [0.717, 1.165) is 18.6 Å². The molecule has 1 aromatic heterocycles. The van der Waals surface area contributed by atoms with Crippen LogP contribution in [0.4, 0.5) is 10.3 Å². The maximum atomic E-state index is 13.2. The highest BCUT2D eigenvalue weighted by Gasteiger charge is 2.29. The van der Waals surface area contributed by atoms with Gasteiger partial charge in [0.05, 0.1) is 4.90 Å². The van der Waals surface area contributed by atoms with Crippen molar-refractivity contribution in [1.82, 2.24) is 4.98 Å². The van der Waals surface area contributed by atoms with Crippen molar-refractivity contribution in [1.29, 1.82) is 0 Å². The number of hydrogen-bond donors (Lipinski definition) is 1. The van der Waals surface area contributed by atoms with Crippen molar-refractivity contribution in [2.45, 2.75) is 36.2 Å². The minimum Gasteiger partial charge on any atom is -0.419 e. The fourth-order valence-corrected chi connectivity index (χ4v) is 3.60. The van der Waals surface area contributed by atoms with Crippen LogP contribution in [-0.4, -0.2) is 19.4 Å².